The number of aromatic nitrogens is 2. The van der Waals surface area contributed by atoms with Gasteiger partial charge in [-0.05, 0) is 42.9 Å². The van der Waals surface area contributed by atoms with Gasteiger partial charge in [-0.2, -0.15) is 0 Å². The van der Waals surface area contributed by atoms with Gasteiger partial charge in [0.25, 0.3) is 0 Å². The largest absolute Gasteiger partial charge is 0.321 e. The number of rotatable bonds is 5. The molecule has 0 N–H and O–H groups in total. The SMILES string of the molecule is O=C1N(C2CCCCC2)C[C@@H](c2ccccc2)N1C1CCN(Cc2ccc3nccn3c2)CC1. The highest BCUT2D eigenvalue weighted by molar-refractivity contribution is 5.78. The number of piperidine rings is 1. The molecular weight excluding hydrogens is 422 g/mol. The quantitative estimate of drug-likeness (QED) is 0.535. The summed E-state index contributed by atoms with van der Waals surface area (Å²) in [6, 6.07) is 16.2. The zero-order valence-electron chi connectivity index (χ0n) is 19.9. The van der Waals surface area contributed by atoms with E-state index in [1.165, 1.54) is 43.2 Å². The summed E-state index contributed by atoms with van der Waals surface area (Å²) < 4.78 is 2.09. The summed E-state index contributed by atoms with van der Waals surface area (Å²) in [5.41, 5.74) is 3.58. The molecular formula is C28H35N5O. The number of carbonyl (C=O) groups excluding carboxylic acids is 1. The second-order valence-electron chi connectivity index (χ2n) is 10.3. The number of likely N-dealkylation sites (tertiary alicyclic amines) is 1. The summed E-state index contributed by atoms with van der Waals surface area (Å²) in [4.78, 5) is 25.2. The number of pyridine rings is 1. The van der Waals surface area contributed by atoms with Crippen LogP contribution in [0.25, 0.3) is 5.65 Å². The summed E-state index contributed by atoms with van der Waals surface area (Å²) in [6.45, 7) is 3.85. The van der Waals surface area contributed by atoms with Crippen LogP contribution in [0.2, 0.25) is 0 Å². The maximum Gasteiger partial charge on any atom is 0.321 e. The molecule has 3 fully saturated rings. The Morgan fingerprint density at radius 2 is 1.68 bits per heavy atom. The van der Waals surface area contributed by atoms with Crippen molar-refractivity contribution in [2.75, 3.05) is 19.6 Å². The fraction of sp³-hybridized carbons (Fsp3) is 0.500. The average molecular weight is 458 g/mol. The second-order valence-corrected chi connectivity index (χ2v) is 10.3. The molecule has 178 valence electrons. The van der Waals surface area contributed by atoms with E-state index < -0.39 is 0 Å². The first-order valence-electron chi connectivity index (χ1n) is 13.0. The molecule has 1 atom stereocenters. The first kappa shape index (κ1) is 21.7. The molecule has 4 heterocycles. The topological polar surface area (TPSA) is 44.1 Å². The number of amides is 2. The van der Waals surface area contributed by atoms with E-state index in [0.717, 1.165) is 44.7 Å². The molecule has 2 amide bonds. The number of nitrogens with zero attached hydrogens (tertiary/aromatic N) is 5. The minimum Gasteiger partial charge on any atom is -0.319 e. The van der Waals surface area contributed by atoms with Crippen LogP contribution in [0.1, 0.15) is 62.1 Å². The van der Waals surface area contributed by atoms with Crippen LogP contribution in [0.5, 0.6) is 0 Å². The van der Waals surface area contributed by atoms with Crippen molar-refractivity contribution in [3.63, 3.8) is 0 Å². The number of hydrogen-bond donors (Lipinski definition) is 0. The van der Waals surface area contributed by atoms with Crippen LogP contribution in [0, 0.1) is 0 Å². The molecule has 0 bridgehead atoms. The Bertz CT molecular complexity index is 1110. The molecule has 34 heavy (non-hydrogen) atoms. The second kappa shape index (κ2) is 9.41. The van der Waals surface area contributed by atoms with Gasteiger partial charge in [0.2, 0.25) is 0 Å². The Kier molecular flexibility index (Phi) is 6.00. The van der Waals surface area contributed by atoms with Gasteiger partial charge in [-0.3, -0.25) is 4.90 Å². The van der Waals surface area contributed by atoms with Crippen molar-refractivity contribution in [2.24, 2.45) is 0 Å². The monoisotopic (exact) mass is 457 g/mol. The zero-order chi connectivity index (χ0) is 22.9. The van der Waals surface area contributed by atoms with E-state index in [9.17, 15) is 4.79 Å². The van der Waals surface area contributed by atoms with Crippen molar-refractivity contribution < 1.29 is 4.79 Å². The molecule has 3 aliphatic rings. The predicted octanol–water partition coefficient (Wildman–Crippen LogP) is 5.11. The van der Waals surface area contributed by atoms with Gasteiger partial charge in [-0.25, -0.2) is 9.78 Å². The first-order chi connectivity index (χ1) is 16.8. The van der Waals surface area contributed by atoms with Crippen molar-refractivity contribution in [3.8, 4) is 0 Å². The van der Waals surface area contributed by atoms with Gasteiger partial charge in [0.1, 0.15) is 5.65 Å². The van der Waals surface area contributed by atoms with E-state index >= 15 is 0 Å². The molecule has 0 spiro atoms. The number of benzene rings is 1. The van der Waals surface area contributed by atoms with Crippen molar-refractivity contribution >= 4 is 11.7 Å². The Morgan fingerprint density at radius 3 is 2.47 bits per heavy atom. The van der Waals surface area contributed by atoms with Gasteiger partial charge in [0.15, 0.2) is 0 Å². The molecule has 0 radical (unpaired) electrons. The molecule has 6 heteroatoms. The number of fused-ring (bicyclic) bond motifs is 1. The van der Waals surface area contributed by atoms with Crippen LogP contribution < -0.4 is 0 Å². The lowest BCUT2D eigenvalue weighted by atomic mass is 9.94. The van der Waals surface area contributed by atoms with Crippen LogP contribution >= 0.6 is 0 Å². The molecule has 0 unspecified atom stereocenters. The lowest BCUT2D eigenvalue weighted by Crippen LogP contribution is -2.48. The van der Waals surface area contributed by atoms with E-state index in [4.69, 9.17) is 0 Å². The maximum atomic E-state index is 13.8. The van der Waals surface area contributed by atoms with Crippen molar-refractivity contribution in [2.45, 2.75) is 69.6 Å². The summed E-state index contributed by atoms with van der Waals surface area (Å²) >= 11 is 0. The van der Waals surface area contributed by atoms with Crippen LogP contribution in [-0.2, 0) is 6.54 Å². The molecule has 6 nitrogen and oxygen atoms in total. The molecule has 3 aromatic rings. The van der Waals surface area contributed by atoms with Crippen LogP contribution in [-0.4, -0.2) is 61.8 Å². The van der Waals surface area contributed by atoms with E-state index in [1.54, 1.807) is 0 Å². The van der Waals surface area contributed by atoms with Gasteiger partial charge < -0.3 is 14.2 Å². The van der Waals surface area contributed by atoms with E-state index in [1.807, 2.05) is 12.4 Å². The fourth-order valence-electron chi connectivity index (χ4n) is 6.36. The van der Waals surface area contributed by atoms with E-state index in [2.05, 4.69) is 72.7 Å². The highest BCUT2D eigenvalue weighted by Crippen LogP contribution is 2.38. The standard InChI is InChI=1S/C28H35N5O/c34-28-32(24-9-5-2-6-10-24)21-26(23-7-3-1-4-8-23)33(28)25-13-16-30(17-14-25)19-22-11-12-27-29-15-18-31(27)20-22/h1,3-4,7-8,11-12,15,18,20,24-26H,2,5-6,9-10,13-14,16-17,19,21H2/t26-/m0/s1. The Hall–Kier alpha value is -2.86. The maximum absolute atomic E-state index is 13.8. The number of imidazole rings is 1. The van der Waals surface area contributed by atoms with Crippen LogP contribution in [0.4, 0.5) is 4.79 Å². The first-order valence-corrected chi connectivity index (χ1v) is 13.0. The molecule has 1 saturated carbocycles. The third kappa shape index (κ3) is 4.20. The van der Waals surface area contributed by atoms with Crippen molar-refractivity contribution in [1.29, 1.82) is 0 Å². The highest BCUT2D eigenvalue weighted by atomic mass is 16.2. The zero-order valence-corrected chi connectivity index (χ0v) is 19.9. The average Bonchev–Trinajstić information content (AvgIpc) is 3.50. The summed E-state index contributed by atoms with van der Waals surface area (Å²) in [5.74, 6) is 0. The third-order valence-corrected chi connectivity index (χ3v) is 8.18. The van der Waals surface area contributed by atoms with Crippen molar-refractivity contribution in [3.05, 3.63) is 72.2 Å². The number of urea groups is 1. The van der Waals surface area contributed by atoms with Gasteiger partial charge in [-0.15, -0.1) is 0 Å². The number of hydrogen-bond acceptors (Lipinski definition) is 3. The molecule has 2 aliphatic heterocycles. The minimum absolute atomic E-state index is 0.177. The normalized spacial score (nSPS) is 23.3. The van der Waals surface area contributed by atoms with Gasteiger partial charge in [-0.1, -0.05) is 55.7 Å². The lowest BCUT2D eigenvalue weighted by Gasteiger charge is -2.39. The lowest BCUT2D eigenvalue weighted by molar-refractivity contribution is 0.106. The van der Waals surface area contributed by atoms with Gasteiger partial charge >= 0.3 is 6.03 Å². The van der Waals surface area contributed by atoms with Crippen molar-refractivity contribution in [1.82, 2.24) is 24.1 Å². The fourth-order valence-corrected chi connectivity index (χ4v) is 6.36. The Balaban J connectivity index is 1.16. The van der Waals surface area contributed by atoms with Crippen LogP contribution in [0.15, 0.2) is 61.1 Å². The molecule has 1 aromatic carbocycles. The Morgan fingerprint density at radius 1 is 0.882 bits per heavy atom. The third-order valence-electron chi connectivity index (χ3n) is 8.18. The van der Waals surface area contributed by atoms with Gasteiger partial charge in [0, 0.05) is 56.9 Å². The smallest absolute Gasteiger partial charge is 0.319 e. The molecule has 2 aromatic heterocycles. The summed E-state index contributed by atoms with van der Waals surface area (Å²) in [5, 5.41) is 0. The van der Waals surface area contributed by atoms with Crippen LogP contribution in [0.3, 0.4) is 0 Å². The predicted molar refractivity (Wildman–Crippen MR) is 133 cm³/mol. The number of carbonyl (C=O) groups is 1. The summed E-state index contributed by atoms with van der Waals surface area (Å²) in [6.07, 6.45) is 14.3. The molecule has 6 rings (SSSR count). The Labute approximate surface area is 202 Å². The van der Waals surface area contributed by atoms with E-state index in [-0.39, 0.29) is 12.1 Å². The molecule has 1 aliphatic carbocycles. The molecule has 2 saturated heterocycles. The highest BCUT2D eigenvalue weighted by Gasteiger charge is 2.45. The minimum atomic E-state index is 0.177. The van der Waals surface area contributed by atoms with E-state index in [0.29, 0.717) is 12.1 Å². The van der Waals surface area contributed by atoms with Gasteiger partial charge in [0.05, 0.1) is 6.04 Å². The summed E-state index contributed by atoms with van der Waals surface area (Å²) in [7, 11) is 0.